The van der Waals surface area contributed by atoms with E-state index in [-0.39, 0.29) is 35.4 Å². The molecule has 15 heteroatoms. The average Bonchev–Trinajstić information content (AvgIpc) is 3.28. The molecule has 2 aromatic heterocycles. The average molecular weight is 627 g/mol. The van der Waals surface area contributed by atoms with E-state index in [2.05, 4.69) is 22.2 Å². The van der Waals surface area contributed by atoms with Crippen molar-refractivity contribution < 1.29 is 40.7 Å². The van der Waals surface area contributed by atoms with Gasteiger partial charge in [0.25, 0.3) is 5.91 Å². The van der Waals surface area contributed by atoms with E-state index >= 15 is 0 Å². The van der Waals surface area contributed by atoms with Crippen LogP contribution in [0.2, 0.25) is 0 Å². The Kier molecular flexibility index (Phi) is 9.11. The third-order valence-corrected chi connectivity index (χ3v) is 9.52. The van der Waals surface area contributed by atoms with Gasteiger partial charge in [-0.3, -0.25) is 9.59 Å². The van der Waals surface area contributed by atoms with Gasteiger partial charge in [0, 0.05) is 16.9 Å². The number of primary amides is 1. The molecule has 3 aromatic rings. The molecule has 3 N–H and O–H groups in total. The third kappa shape index (κ3) is 6.84. The topological polar surface area (TPSA) is 151 Å². The number of nitrogens with zero attached hydrogens (tertiary/aromatic N) is 2. The quantitative estimate of drug-likeness (QED) is 0.309. The lowest BCUT2D eigenvalue weighted by Crippen LogP contribution is -2.20. The van der Waals surface area contributed by atoms with Crippen molar-refractivity contribution in [3.05, 3.63) is 46.0 Å². The highest BCUT2D eigenvalue weighted by Gasteiger charge is 2.35. The summed E-state index contributed by atoms with van der Waals surface area (Å²) in [6.07, 6.45) is -3.14. The number of alkyl halides is 3. The summed E-state index contributed by atoms with van der Waals surface area (Å²) >= 11 is 1.27. The Bertz CT molecular complexity index is 1620. The summed E-state index contributed by atoms with van der Waals surface area (Å²) in [5, 5.41) is 1.95. The van der Waals surface area contributed by atoms with Gasteiger partial charge in [0.2, 0.25) is 20.9 Å². The number of sulfone groups is 1. The van der Waals surface area contributed by atoms with Gasteiger partial charge in [0.1, 0.15) is 10.7 Å². The molecule has 1 aliphatic rings. The molecule has 0 saturated heterocycles. The van der Waals surface area contributed by atoms with Crippen LogP contribution in [0.4, 0.5) is 18.2 Å². The van der Waals surface area contributed by atoms with Crippen molar-refractivity contribution in [3.63, 3.8) is 0 Å². The standard InChI is InChI=1S/C27H29F3N4O6S2/c1-14-6-8-16-20(11-14)41-25(23(16)24(31)36)34-22(35)5-4-10-42(37,38)26-32-17(13-21(33-26)27(28,29)30)15-7-9-18(39-2)19(12-15)40-3/h7,9,12-14H,4-6,8,10-11H2,1-3H3,(H2,31,36)(H,34,35). The minimum Gasteiger partial charge on any atom is -0.493 e. The maximum Gasteiger partial charge on any atom is 0.433 e. The summed E-state index contributed by atoms with van der Waals surface area (Å²) < 4.78 is 77.4. The second-order valence-corrected chi connectivity index (χ2v) is 13.0. The van der Waals surface area contributed by atoms with E-state index in [1.54, 1.807) is 0 Å². The predicted molar refractivity (Wildman–Crippen MR) is 150 cm³/mol. The first-order valence-corrected chi connectivity index (χ1v) is 15.4. The van der Waals surface area contributed by atoms with Crippen LogP contribution in [0, 0.1) is 5.92 Å². The summed E-state index contributed by atoms with van der Waals surface area (Å²) in [6.45, 7) is 2.09. The molecular formula is C27H29F3N4O6S2. The van der Waals surface area contributed by atoms with E-state index in [1.165, 1.54) is 43.8 Å². The summed E-state index contributed by atoms with van der Waals surface area (Å²) in [4.78, 5) is 33.0. The number of aromatic nitrogens is 2. The van der Waals surface area contributed by atoms with E-state index in [0.717, 1.165) is 23.3 Å². The van der Waals surface area contributed by atoms with Crippen molar-refractivity contribution >= 4 is 38.0 Å². The van der Waals surface area contributed by atoms with Crippen LogP contribution in [0.1, 0.15) is 52.7 Å². The highest BCUT2D eigenvalue weighted by molar-refractivity contribution is 7.91. The fourth-order valence-electron chi connectivity index (χ4n) is 4.66. The second-order valence-electron chi connectivity index (χ2n) is 9.88. The number of nitrogens with two attached hydrogens (primary N) is 1. The molecule has 0 radical (unpaired) electrons. The third-order valence-electron chi connectivity index (χ3n) is 6.78. The minimum atomic E-state index is -4.95. The predicted octanol–water partition coefficient (Wildman–Crippen LogP) is 4.66. The summed E-state index contributed by atoms with van der Waals surface area (Å²) in [5.74, 6) is -0.956. The van der Waals surface area contributed by atoms with Crippen molar-refractivity contribution in [3.8, 4) is 22.8 Å². The van der Waals surface area contributed by atoms with Crippen LogP contribution in [0.5, 0.6) is 11.5 Å². The molecule has 10 nitrogen and oxygen atoms in total. The van der Waals surface area contributed by atoms with Gasteiger partial charge in [-0.05, 0) is 61.4 Å². The van der Waals surface area contributed by atoms with Crippen molar-refractivity contribution in [2.75, 3.05) is 25.3 Å². The number of methoxy groups -OCH3 is 2. The summed E-state index contributed by atoms with van der Waals surface area (Å²) in [7, 11) is -1.70. The molecule has 1 aromatic carbocycles. The van der Waals surface area contributed by atoms with E-state index in [0.29, 0.717) is 29.2 Å². The van der Waals surface area contributed by atoms with Crippen LogP contribution >= 0.6 is 11.3 Å². The molecule has 0 fully saturated rings. The number of thiophene rings is 1. The van der Waals surface area contributed by atoms with E-state index < -0.39 is 44.4 Å². The van der Waals surface area contributed by atoms with E-state index in [1.807, 2.05) is 0 Å². The van der Waals surface area contributed by atoms with E-state index in [9.17, 15) is 31.2 Å². The lowest BCUT2D eigenvalue weighted by molar-refractivity contribution is -0.141. The largest absolute Gasteiger partial charge is 0.493 e. The zero-order valence-electron chi connectivity index (χ0n) is 23.0. The zero-order valence-corrected chi connectivity index (χ0v) is 24.6. The molecule has 1 atom stereocenters. The highest BCUT2D eigenvalue weighted by atomic mass is 32.2. The number of hydrogen-bond donors (Lipinski definition) is 2. The first kappa shape index (κ1) is 31.2. The number of carbonyl (C=O) groups is 2. The Morgan fingerprint density at radius 2 is 1.86 bits per heavy atom. The molecule has 0 bridgehead atoms. The smallest absolute Gasteiger partial charge is 0.433 e. The van der Waals surface area contributed by atoms with Crippen molar-refractivity contribution in [1.82, 2.24) is 9.97 Å². The van der Waals surface area contributed by atoms with Gasteiger partial charge in [-0.1, -0.05) is 6.92 Å². The number of carbonyl (C=O) groups excluding carboxylic acids is 2. The number of halogens is 3. The molecular weight excluding hydrogens is 597 g/mol. The van der Waals surface area contributed by atoms with Crippen molar-refractivity contribution in [1.29, 1.82) is 0 Å². The van der Waals surface area contributed by atoms with Gasteiger partial charge in [-0.25, -0.2) is 18.4 Å². The Balaban J connectivity index is 1.52. The van der Waals surface area contributed by atoms with Crippen LogP contribution in [0.15, 0.2) is 29.4 Å². The lowest BCUT2D eigenvalue weighted by atomic mass is 9.88. The summed E-state index contributed by atoms with van der Waals surface area (Å²) in [5.41, 5.74) is 5.09. The number of fused-ring (bicyclic) bond motifs is 1. The monoisotopic (exact) mass is 626 g/mol. The Hall–Kier alpha value is -3.72. The van der Waals surface area contributed by atoms with Gasteiger partial charge in [0.05, 0.1) is 31.2 Å². The van der Waals surface area contributed by atoms with Crippen LogP contribution in [0.25, 0.3) is 11.3 Å². The maximum atomic E-state index is 13.7. The zero-order chi connectivity index (χ0) is 30.8. The Morgan fingerprint density at radius 3 is 2.50 bits per heavy atom. The minimum absolute atomic E-state index is 0.148. The van der Waals surface area contributed by atoms with Crippen molar-refractivity contribution in [2.24, 2.45) is 11.7 Å². The number of hydrogen-bond acceptors (Lipinski definition) is 9. The van der Waals surface area contributed by atoms with E-state index in [4.69, 9.17) is 15.2 Å². The fourth-order valence-corrected chi connectivity index (χ4v) is 7.27. The molecule has 2 amide bonds. The van der Waals surface area contributed by atoms with Crippen LogP contribution in [-0.4, -0.2) is 50.2 Å². The summed E-state index contributed by atoms with van der Waals surface area (Å²) in [6, 6.07) is 4.87. The molecule has 1 unspecified atom stereocenters. The molecule has 42 heavy (non-hydrogen) atoms. The van der Waals surface area contributed by atoms with Gasteiger partial charge in [0.15, 0.2) is 11.5 Å². The number of nitrogens with one attached hydrogen (secondary N) is 1. The maximum absolute atomic E-state index is 13.7. The van der Waals surface area contributed by atoms with Gasteiger partial charge in [-0.2, -0.15) is 13.2 Å². The molecule has 0 spiro atoms. The molecule has 226 valence electrons. The van der Waals surface area contributed by atoms with Crippen molar-refractivity contribution in [2.45, 2.75) is 50.4 Å². The Labute approximate surface area is 244 Å². The molecule has 0 saturated carbocycles. The van der Waals surface area contributed by atoms with Crippen LogP contribution < -0.4 is 20.5 Å². The van der Waals surface area contributed by atoms with Gasteiger partial charge < -0.3 is 20.5 Å². The highest BCUT2D eigenvalue weighted by Crippen LogP contribution is 2.40. The number of ether oxygens (including phenoxy) is 2. The van der Waals surface area contributed by atoms with Gasteiger partial charge >= 0.3 is 6.18 Å². The number of benzene rings is 1. The number of anilines is 1. The van der Waals surface area contributed by atoms with Crippen LogP contribution in [-0.2, 0) is 33.6 Å². The lowest BCUT2D eigenvalue weighted by Gasteiger charge is -2.18. The first-order valence-electron chi connectivity index (χ1n) is 12.9. The molecule has 2 heterocycles. The molecule has 4 rings (SSSR count). The van der Waals surface area contributed by atoms with Crippen LogP contribution in [0.3, 0.4) is 0 Å². The molecule has 1 aliphatic carbocycles. The second kappa shape index (κ2) is 12.3. The number of rotatable bonds is 10. The van der Waals surface area contributed by atoms with Gasteiger partial charge in [-0.15, -0.1) is 11.3 Å². The Morgan fingerprint density at radius 1 is 1.14 bits per heavy atom. The fraction of sp³-hybridized carbons (Fsp3) is 0.407. The SMILES string of the molecule is COc1ccc(-c2cc(C(F)(F)F)nc(S(=O)(=O)CCCC(=O)Nc3sc4c(c3C(N)=O)CCC(C)C4)n2)cc1OC. The number of amides is 2. The molecule has 0 aliphatic heterocycles. The normalized spacial score (nSPS) is 15.1. The first-order chi connectivity index (χ1) is 19.7.